The van der Waals surface area contributed by atoms with Crippen molar-refractivity contribution in [2.24, 2.45) is 0 Å². The molecule has 0 aliphatic rings. The summed E-state index contributed by atoms with van der Waals surface area (Å²) in [6, 6.07) is 3.49. The van der Waals surface area contributed by atoms with Gasteiger partial charge in [-0.2, -0.15) is 0 Å². The zero-order valence-corrected chi connectivity index (χ0v) is 6.34. The summed E-state index contributed by atoms with van der Waals surface area (Å²) >= 11 is 5.65. The Balaban J connectivity index is 3.03. The second-order valence-electron chi connectivity index (χ2n) is 2.06. The molecule has 1 aromatic rings. The number of halogens is 1. The molecule has 0 unspecified atom stereocenters. The van der Waals surface area contributed by atoms with Crippen LogP contribution < -0.4 is 0 Å². The Kier molecular flexibility index (Phi) is 2.25. The monoisotopic (exact) mass is 157 g/mol. The fourth-order valence-corrected chi connectivity index (χ4v) is 0.987. The predicted octanol–water partition coefficient (Wildman–Crippen LogP) is 1.79. The molecule has 0 radical (unpaired) electrons. The van der Waals surface area contributed by atoms with Crippen LogP contribution in [-0.2, 0) is 0 Å². The molecule has 1 aromatic heterocycles. The van der Waals surface area contributed by atoms with Crippen molar-refractivity contribution in [3.05, 3.63) is 29.0 Å². The van der Waals surface area contributed by atoms with Gasteiger partial charge >= 0.3 is 0 Å². The number of aliphatic hydroxyl groups is 1. The molecule has 0 aromatic carbocycles. The third kappa shape index (κ3) is 1.46. The molecule has 0 aliphatic heterocycles. The molecule has 0 aliphatic carbocycles. The highest BCUT2D eigenvalue weighted by molar-refractivity contribution is 6.30. The molecule has 0 saturated carbocycles. The molecule has 2 nitrogen and oxygen atoms in total. The van der Waals surface area contributed by atoms with Crippen LogP contribution in [0.2, 0.25) is 5.15 Å². The zero-order valence-electron chi connectivity index (χ0n) is 5.58. The lowest BCUT2D eigenvalue weighted by Crippen LogP contribution is -1.92. The van der Waals surface area contributed by atoms with Crippen LogP contribution in [0.1, 0.15) is 18.6 Å². The largest absolute Gasteiger partial charge is 0.389 e. The summed E-state index contributed by atoms with van der Waals surface area (Å²) in [5.41, 5.74) is 0.671. The summed E-state index contributed by atoms with van der Waals surface area (Å²) in [5, 5.41) is 9.45. The minimum atomic E-state index is -0.541. The van der Waals surface area contributed by atoms with Gasteiger partial charge in [-0.05, 0) is 13.0 Å². The third-order valence-corrected chi connectivity index (χ3v) is 1.55. The molecule has 1 N–H and O–H groups in total. The van der Waals surface area contributed by atoms with E-state index in [9.17, 15) is 0 Å². The van der Waals surface area contributed by atoms with Crippen LogP contribution in [0.4, 0.5) is 0 Å². The molecule has 0 spiro atoms. The maximum absolute atomic E-state index is 9.08. The van der Waals surface area contributed by atoms with Crippen LogP contribution in [0.3, 0.4) is 0 Å². The first-order chi connectivity index (χ1) is 4.72. The summed E-state index contributed by atoms with van der Waals surface area (Å²) < 4.78 is 0. The molecule has 1 rings (SSSR count). The van der Waals surface area contributed by atoms with E-state index in [0.717, 1.165) is 0 Å². The van der Waals surface area contributed by atoms with Crippen molar-refractivity contribution < 1.29 is 5.11 Å². The average molecular weight is 158 g/mol. The molecule has 1 heterocycles. The van der Waals surface area contributed by atoms with Gasteiger partial charge in [-0.1, -0.05) is 17.7 Å². The lowest BCUT2D eigenvalue weighted by Gasteiger charge is -2.03. The van der Waals surface area contributed by atoms with Crippen molar-refractivity contribution in [2.75, 3.05) is 0 Å². The first-order valence-electron chi connectivity index (χ1n) is 3.00. The Morgan fingerprint density at radius 1 is 1.70 bits per heavy atom. The van der Waals surface area contributed by atoms with Gasteiger partial charge in [0.15, 0.2) is 0 Å². The molecule has 3 heteroatoms. The number of aromatic nitrogens is 1. The highest BCUT2D eigenvalue weighted by Crippen LogP contribution is 2.18. The fraction of sp³-hybridized carbons (Fsp3) is 0.286. The normalized spacial score (nSPS) is 13.1. The molecule has 0 bridgehead atoms. The summed E-state index contributed by atoms with van der Waals surface area (Å²) in [7, 11) is 0. The van der Waals surface area contributed by atoms with Crippen molar-refractivity contribution in [1.82, 2.24) is 4.98 Å². The van der Waals surface area contributed by atoms with Gasteiger partial charge in [0.1, 0.15) is 5.15 Å². The van der Waals surface area contributed by atoms with E-state index in [-0.39, 0.29) is 0 Å². The Hall–Kier alpha value is -0.600. The Labute approximate surface area is 64.5 Å². The molecule has 0 saturated heterocycles. The SMILES string of the molecule is C[C@@H](O)c1cccnc1Cl. The highest BCUT2D eigenvalue weighted by atomic mass is 35.5. The van der Waals surface area contributed by atoms with E-state index < -0.39 is 6.10 Å². The first kappa shape index (κ1) is 7.51. The van der Waals surface area contributed by atoms with Gasteiger partial charge in [0.25, 0.3) is 0 Å². The summed E-state index contributed by atoms with van der Waals surface area (Å²) in [4.78, 5) is 3.81. The first-order valence-corrected chi connectivity index (χ1v) is 3.38. The van der Waals surface area contributed by atoms with E-state index >= 15 is 0 Å². The molecule has 0 amide bonds. The van der Waals surface area contributed by atoms with E-state index in [1.807, 2.05) is 0 Å². The van der Waals surface area contributed by atoms with Crippen LogP contribution in [-0.4, -0.2) is 10.1 Å². The lowest BCUT2D eigenvalue weighted by atomic mass is 10.2. The van der Waals surface area contributed by atoms with E-state index in [2.05, 4.69) is 4.98 Å². The second-order valence-corrected chi connectivity index (χ2v) is 2.42. The molecule has 0 fully saturated rings. The van der Waals surface area contributed by atoms with E-state index in [1.54, 1.807) is 25.3 Å². The van der Waals surface area contributed by atoms with Crippen molar-refractivity contribution in [3.8, 4) is 0 Å². The number of nitrogens with zero attached hydrogens (tertiary/aromatic N) is 1. The minimum absolute atomic E-state index is 0.373. The van der Waals surface area contributed by atoms with E-state index in [0.29, 0.717) is 10.7 Å². The average Bonchev–Trinajstić information content (AvgIpc) is 1.88. The van der Waals surface area contributed by atoms with Crippen LogP contribution in [0, 0.1) is 0 Å². The maximum atomic E-state index is 9.08. The summed E-state index contributed by atoms with van der Waals surface area (Å²) in [5.74, 6) is 0. The minimum Gasteiger partial charge on any atom is -0.389 e. The summed E-state index contributed by atoms with van der Waals surface area (Å²) in [6.45, 7) is 1.66. The van der Waals surface area contributed by atoms with Gasteiger partial charge < -0.3 is 5.11 Å². The van der Waals surface area contributed by atoms with Crippen LogP contribution in [0.15, 0.2) is 18.3 Å². The van der Waals surface area contributed by atoms with Crippen molar-refractivity contribution >= 4 is 11.6 Å². The summed E-state index contributed by atoms with van der Waals surface area (Å²) in [6.07, 6.45) is 1.05. The van der Waals surface area contributed by atoms with Gasteiger partial charge in [-0.25, -0.2) is 4.98 Å². The quantitative estimate of drug-likeness (QED) is 0.631. The highest BCUT2D eigenvalue weighted by Gasteiger charge is 2.04. The molecule has 1 atom stereocenters. The van der Waals surface area contributed by atoms with Crippen LogP contribution in [0.25, 0.3) is 0 Å². The van der Waals surface area contributed by atoms with Gasteiger partial charge in [0.05, 0.1) is 6.10 Å². The van der Waals surface area contributed by atoms with Gasteiger partial charge in [0.2, 0.25) is 0 Å². The number of hydrogen-bond acceptors (Lipinski definition) is 2. The predicted molar refractivity (Wildman–Crippen MR) is 39.9 cm³/mol. The van der Waals surface area contributed by atoms with E-state index in [4.69, 9.17) is 16.7 Å². The Morgan fingerprint density at radius 2 is 2.40 bits per heavy atom. The smallest absolute Gasteiger partial charge is 0.134 e. The molecule has 10 heavy (non-hydrogen) atoms. The number of pyridine rings is 1. The Bertz CT molecular complexity index is 225. The van der Waals surface area contributed by atoms with Gasteiger partial charge in [-0.15, -0.1) is 0 Å². The Morgan fingerprint density at radius 3 is 2.80 bits per heavy atom. The molecule has 54 valence electrons. The molecular formula is C7H8ClNO. The van der Waals surface area contributed by atoms with E-state index in [1.165, 1.54) is 0 Å². The molecular weight excluding hydrogens is 150 g/mol. The van der Waals surface area contributed by atoms with Gasteiger partial charge in [0, 0.05) is 11.8 Å². The van der Waals surface area contributed by atoms with Crippen LogP contribution in [0.5, 0.6) is 0 Å². The lowest BCUT2D eigenvalue weighted by molar-refractivity contribution is 0.199. The topological polar surface area (TPSA) is 33.1 Å². The fourth-order valence-electron chi connectivity index (χ4n) is 0.710. The van der Waals surface area contributed by atoms with Gasteiger partial charge in [-0.3, -0.25) is 0 Å². The van der Waals surface area contributed by atoms with Crippen molar-refractivity contribution in [1.29, 1.82) is 0 Å². The number of aliphatic hydroxyl groups excluding tert-OH is 1. The third-order valence-electron chi connectivity index (χ3n) is 1.24. The standard InChI is InChI=1S/C7H8ClNO/c1-5(10)6-3-2-4-9-7(6)8/h2-5,10H,1H3/t5-/m1/s1. The number of hydrogen-bond donors (Lipinski definition) is 1. The zero-order chi connectivity index (χ0) is 7.56. The maximum Gasteiger partial charge on any atom is 0.134 e. The second kappa shape index (κ2) is 2.99. The number of rotatable bonds is 1. The van der Waals surface area contributed by atoms with Crippen LogP contribution >= 0.6 is 11.6 Å². The van der Waals surface area contributed by atoms with Crippen molar-refractivity contribution in [3.63, 3.8) is 0 Å². The van der Waals surface area contributed by atoms with Crippen molar-refractivity contribution in [2.45, 2.75) is 13.0 Å².